The summed E-state index contributed by atoms with van der Waals surface area (Å²) in [6.45, 7) is 3.29. The van der Waals surface area contributed by atoms with Crippen LogP contribution in [0.5, 0.6) is 11.5 Å². The zero-order valence-corrected chi connectivity index (χ0v) is 23.4. The van der Waals surface area contributed by atoms with Gasteiger partial charge in [0.15, 0.2) is 41.6 Å². The predicted molar refractivity (Wildman–Crippen MR) is 144 cm³/mol. The Hall–Kier alpha value is -4.47. The summed E-state index contributed by atoms with van der Waals surface area (Å²) in [5, 5.41) is 2.82. The molecule has 2 fully saturated rings. The van der Waals surface area contributed by atoms with Crippen molar-refractivity contribution in [3.63, 3.8) is 0 Å². The van der Waals surface area contributed by atoms with Gasteiger partial charge in [-0.2, -0.15) is 0 Å². The zero-order valence-electron chi connectivity index (χ0n) is 23.4. The smallest absolute Gasteiger partial charge is 0.342 e. The first-order valence-electron chi connectivity index (χ1n) is 13.2. The normalized spacial score (nSPS) is 24.5. The highest BCUT2D eigenvalue weighted by atomic mass is 16.8. The van der Waals surface area contributed by atoms with Crippen molar-refractivity contribution in [1.82, 2.24) is 24.8 Å². The van der Waals surface area contributed by atoms with Gasteiger partial charge in [0.1, 0.15) is 48.1 Å². The minimum Gasteiger partial charge on any atom is -0.493 e. The molecule has 3 aliphatic rings. The predicted octanol–water partition coefficient (Wildman–Crippen LogP) is 0.944. The summed E-state index contributed by atoms with van der Waals surface area (Å²) < 4.78 is 41.8. The molecule has 6 rings (SSSR count). The molecule has 0 radical (unpaired) electrons. The number of imidazole rings is 1. The lowest BCUT2D eigenvalue weighted by Gasteiger charge is -2.25. The van der Waals surface area contributed by atoms with E-state index in [1.807, 2.05) is 13.8 Å². The lowest BCUT2D eigenvalue weighted by Crippen LogP contribution is -2.41. The number of cyclic esters (lactones) is 1. The number of aromatic nitrogens is 4. The summed E-state index contributed by atoms with van der Waals surface area (Å²) in [5.74, 6) is -0.421. The first-order valence-corrected chi connectivity index (χ1v) is 13.2. The molecule has 15 nitrogen and oxygen atoms in total. The Morgan fingerprint density at radius 2 is 1.93 bits per heavy atom. The Bertz CT molecular complexity index is 1570. The molecule has 1 amide bonds. The van der Waals surface area contributed by atoms with Crippen molar-refractivity contribution in [2.75, 3.05) is 39.7 Å². The van der Waals surface area contributed by atoms with Crippen LogP contribution in [0.4, 0.5) is 5.82 Å². The van der Waals surface area contributed by atoms with Crippen molar-refractivity contribution in [1.29, 1.82) is 0 Å². The number of nitrogens with one attached hydrogen (secondary N) is 1. The second kappa shape index (κ2) is 10.7. The average molecular weight is 583 g/mol. The monoisotopic (exact) mass is 582 g/mol. The van der Waals surface area contributed by atoms with Crippen molar-refractivity contribution in [3.8, 4) is 11.5 Å². The molecule has 5 heterocycles. The molecule has 0 unspecified atom stereocenters. The number of carbonyl (C=O) groups is 2. The summed E-state index contributed by atoms with van der Waals surface area (Å²) in [5.41, 5.74) is 7.61. The van der Waals surface area contributed by atoms with Crippen LogP contribution in [0.2, 0.25) is 0 Å². The molecule has 1 aromatic carbocycles. The Morgan fingerprint density at radius 3 is 2.71 bits per heavy atom. The van der Waals surface area contributed by atoms with Crippen LogP contribution in [-0.4, -0.2) is 89.5 Å². The van der Waals surface area contributed by atoms with E-state index in [0.29, 0.717) is 28.2 Å². The number of nitrogens with two attached hydrogens (primary N) is 1. The fourth-order valence-corrected chi connectivity index (χ4v) is 5.30. The van der Waals surface area contributed by atoms with Gasteiger partial charge in [-0.3, -0.25) is 9.36 Å². The van der Waals surface area contributed by atoms with Crippen LogP contribution in [0, 0.1) is 0 Å². The van der Waals surface area contributed by atoms with E-state index in [-0.39, 0.29) is 36.9 Å². The molecule has 0 bridgehead atoms. The minimum atomic E-state index is -0.866. The van der Waals surface area contributed by atoms with Gasteiger partial charge in [0.25, 0.3) is 5.91 Å². The molecule has 2 aromatic heterocycles. The molecule has 0 saturated carbocycles. The topological polar surface area (TPSA) is 180 Å². The Labute approximate surface area is 239 Å². The number of hydrogen-bond donors (Lipinski definition) is 2. The number of benzene rings is 1. The third kappa shape index (κ3) is 4.95. The number of hydrogen-bond acceptors (Lipinski definition) is 13. The minimum absolute atomic E-state index is 0.0971. The maximum absolute atomic E-state index is 12.8. The fraction of sp³-hybridized carbons (Fsp3) is 0.444. The molecule has 0 aliphatic carbocycles. The molecule has 0 spiro atoms. The van der Waals surface area contributed by atoms with Gasteiger partial charge in [0.05, 0.1) is 20.5 Å². The highest BCUT2D eigenvalue weighted by Gasteiger charge is 2.56. The number of carbonyl (C=O) groups excluding carboxylic acids is 2. The molecule has 222 valence electrons. The number of fused-ring (bicyclic) bond motifs is 2. The maximum Gasteiger partial charge on any atom is 0.342 e. The lowest BCUT2D eigenvalue weighted by molar-refractivity contribution is -0.195. The number of ether oxygens (including phenoxy) is 7. The summed E-state index contributed by atoms with van der Waals surface area (Å²) in [7, 11) is 3.01. The average Bonchev–Trinajstić information content (AvgIpc) is 3.72. The maximum atomic E-state index is 12.8. The van der Waals surface area contributed by atoms with E-state index in [2.05, 4.69) is 20.3 Å². The second-order valence-electron chi connectivity index (χ2n) is 10.2. The van der Waals surface area contributed by atoms with E-state index < -0.39 is 42.2 Å². The Balaban J connectivity index is 1.13. The van der Waals surface area contributed by atoms with Crippen molar-refractivity contribution in [3.05, 3.63) is 42.2 Å². The number of nitrogens with zero attached hydrogens (tertiary/aromatic N) is 4. The van der Waals surface area contributed by atoms with E-state index in [0.717, 1.165) is 0 Å². The summed E-state index contributed by atoms with van der Waals surface area (Å²) >= 11 is 0. The molecule has 2 saturated heterocycles. The van der Waals surface area contributed by atoms with Crippen LogP contribution >= 0.6 is 0 Å². The summed E-state index contributed by atoms with van der Waals surface area (Å²) in [4.78, 5) is 37.9. The van der Waals surface area contributed by atoms with Gasteiger partial charge in [0, 0.05) is 6.54 Å². The molecule has 42 heavy (non-hydrogen) atoms. The highest BCUT2D eigenvalue weighted by molar-refractivity contribution is 6.19. The number of nitrogen functional groups attached to an aromatic ring is 1. The molecular formula is C27H30N6O9. The molecule has 15 heteroatoms. The van der Waals surface area contributed by atoms with Gasteiger partial charge >= 0.3 is 5.97 Å². The zero-order chi connectivity index (χ0) is 29.6. The van der Waals surface area contributed by atoms with Crippen LogP contribution in [-0.2, 0) is 33.3 Å². The van der Waals surface area contributed by atoms with Crippen LogP contribution < -0.4 is 20.5 Å². The lowest BCUT2D eigenvalue weighted by atomic mass is 10.1. The Morgan fingerprint density at radius 1 is 1.14 bits per heavy atom. The van der Waals surface area contributed by atoms with Crippen LogP contribution in [0.25, 0.3) is 16.7 Å². The van der Waals surface area contributed by atoms with E-state index in [1.54, 1.807) is 29.1 Å². The molecule has 3 aromatic rings. The van der Waals surface area contributed by atoms with E-state index in [1.165, 1.54) is 20.5 Å². The standard InChI is InChI=1S/C27H30N6O9/c1-27(2)41-21-16(40-25(22(21)42-27)33-12-32-20-23(28)30-11-31-24(20)33)8-29-18(34)10-38-17-9-39-26(35)19(17)13-5-6-14(36-3)15(7-13)37-4/h5-7,11-12,16,21-22,25H,8-10H2,1-4H3,(H,29,34)(H2,28,30,31)/t16-,21-,22-,25-/m1/s1. The van der Waals surface area contributed by atoms with Crippen molar-refractivity contribution in [2.24, 2.45) is 0 Å². The number of amides is 1. The van der Waals surface area contributed by atoms with Gasteiger partial charge in [-0.15, -0.1) is 0 Å². The number of methoxy groups -OCH3 is 2. The third-order valence-corrected chi connectivity index (χ3v) is 7.15. The quantitative estimate of drug-likeness (QED) is 0.341. The van der Waals surface area contributed by atoms with Gasteiger partial charge in [-0.25, -0.2) is 19.7 Å². The molecular weight excluding hydrogens is 552 g/mol. The van der Waals surface area contributed by atoms with Gasteiger partial charge in [-0.1, -0.05) is 6.07 Å². The Kier molecular flexibility index (Phi) is 7.08. The van der Waals surface area contributed by atoms with Crippen LogP contribution in [0.15, 0.2) is 36.6 Å². The van der Waals surface area contributed by atoms with Crippen LogP contribution in [0.1, 0.15) is 25.6 Å². The van der Waals surface area contributed by atoms with Gasteiger partial charge in [0.2, 0.25) is 0 Å². The second-order valence-corrected chi connectivity index (χ2v) is 10.2. The number of rotatable bonds is 9. The number of esters is 1. The SMILES string of the molecule is COc1ccc(C2=C(OCC(=O)NC[C@H]3O[C@@H](n4cnc5c(N)ncnc54)[C@@H]4OC(C)(C)O[C@@H]43)COC2=O)cc1OC. The summed E-state index contributed by atoms with van der Waals surface area (Å²) in [6, 6.07) is 5.00. The first-order chi connectivity index (χ1) is 20.2. The van der Waals surface area contributed by atoms with E-state index in [4.69, 9.17) is 38.9 Å². The van der Waals surface area contributed by atoms with Crippen LogP contribution in [0.3, 0.4) is 0 Å². The van der Waals surface area contributed by atoms with E-state index >= 15 is 0 Å². The van der Waals surface area contributed by atoms with Crippen molar-refractivity contribution >= 4 is 34.4 Å². The highest BCUT2D eigenvalue weighted by Crippen LogP contribution is 2.43. The van der Waals surface area contributed by atoms with Gasteiger partial charge in [-0.05, 0) is 31.5 Å². The van der Waals surface area contributed by atoms with Crippen molar-refractivity contribution in [2.45, 2.75) is 44.2 Å². The van der Waals surface area contributed by atoms with E-state index in [9.17, 15) is 9.59 Å². The molecule has 3 aliphatic heterocycles. The molecule has 3 N–H and O–H groups in total. The molecule has 4 atom stereocenters. The fourth-order valence-electron chi connectivity index (χ4n) is 5.30. The first kappa shape index (κ1) is 27.7. The summed E-state index contributed by atoms with van der Waals surface area (Å²) in [6.07, 6.45) is 0.747. The van der Waals surface area contributed by atoms with Crippen molar-refractivity contribution < 1.29 is 42.7 Å². The number of anilines is 1. The third-order valence-electron chi connectivity index (χ3n) is 7.15. The van der Waals surface area contributed by atoms with Gasteiger partial charge < -0.3 is 44.2 Å². The largest absolute Gasteiger partial charge is 0.493 e.